The van der Waals surface area contributed by atoms with Gasteiger partial charge in [-0.1, -0.05) is 17.3 Å². The van der Waals surface area contributed by atoms with E-state index in [1.807, 2.05) is 36.4 Å². The second-order valence-electron chi connectivity index (χ2n) is 6.37. The molecular formula is C21H15FN6. The summed E-state index contributed by atoms with van der Waals surface area (Å²) in [5.74, 6) is 0.448. The van der Waals surface area contributed by atoms with Crippen molar-refractivity contribution < 1.29 is 4.39 Å². The molecule has 28 heavy (non-hydrogen) atoms. The van der Waals surface area contributed by atoms with Crippen LogP contribution in [-0.4, -0.2) is 24.8 Å². The fraction of sp³-hybridized carbons (Fsp3) is 0.0476. The quantitative estimate of drug-likeness (QED) is 0.516. The van der Waals surface area contributed by atoms with Crippen LogP contribution in [0, 0.1) is 5.82 Å². The van der Waals surface area contributed by atoms with Crippen molar-refractivity contribution in [3.63, 3.8) is 0 Å². The molecule has 0 atom stereocenters. The Labute approximate surface area is 159 Å². The van der Waals surface area contributed by atoms with Crippen molar-refractivity contribution >= 4 is 22.4 Å². The van der Waals surface area contributed by atoms with E-state index in [1.165, 1.54) is 12.1 Å². The van der Waals surface area contributed by atoms with Gasteiger partial charge in [-0.2, -0.15) is 4.52 Å². The molecule has 2 aromatic carbocycles. The van der Waals surface area contributed by atoms with Gasteiger partial charge in [0, 0.05) is 29.9 Å². The maximum Gasteiger partial charge on any atom is 0.186 e. The van der Waals surface area contributed by atoms with E-state index in [-0.39, 0.29) is 5.82 Å². The minimum atomic E-state index is -0.293. The second-order valence-corrected chi connectivity index (χ2v) is 6.37. The molecule has 0 saturated heterocycles. The van der Waals surface area contributed by atoms with E-state index in [0.717, 1.165) is 27.8 Å². The highest BCUT2D eigenvalue weighted by Gasteiger charge is 2.15. The molecule has 7 heteroatoms. The van der Waals surface area contributed by atoms with Gasteiger partial charge in [-0.05, 0) is 54.1 Å². The van der Waals surface area contributed by atoms with E-state index in [4.69, 9.17) is 4.98 Å². The number of hydrogen-bond donors (Lipinski definition) is 1. The monoisotopic (exact) mass is 370 g/mol. The minimum Gasteiger partial charge on any atom is -0.365 e. The molecule has 0 radical (unpaired) electrons. The number of para-hydroxylation sites is 1. The lowest BCUT2D eigenvalue weighted by Gasteiger charge is -2.10. The molecule has 5 aromatic rings. The van der Waals surface area contributed by atoms with Crippen LogP contribution in [0.3, 0.4) is 0 Å². The predicted octanol–water partition coefficient (Wildman–Crippen LogP) is 4.09. The van der Waals surface area contributed by atoms with Crippen LogP contribution in [0.5, 0.6) is 0 Å². The van der Waals surface area contributed by atoms with Gasteiger partial charge < -0.3 is 5.32 Å². The predicted molar refractivity (Wildman–Crippen MR) is 105 cm³/mol. The lowest BCUT2D eigenvalue weighted by molar-refractivity contribution is 0.628. The highest BCUT2D eigenvalue weighted by Crippen LogP contribution is 2.28. The first kappa shape index (κ1) is 16.3. The average molecular weight is 370 g/mol. The molecule has 0 unspecified atom stereocenters. The number of halogens is 1. The van der Waals surface area contributed by atoms with Crippen molar-refractivity contribution in [1.29, 1.82) is 0 Å². The van der Waals surface area contributed by atoms with Crippen molar-refractivity contribution in [2.75, 3.05) is 5.32 Å². The van der Waals surface area contributed by atoms with Gasteiger partial charge in [0.2, 0.25) is 0 Å². The van der Waals surface area contributed by atoms with Crippen molar-refractivity contribution in [1.82, 2.24) is 24.8 Å². The number of aromatic nitrogens is 5. The summed E-state index contributed by atoms with van der Waals surface area (Å²) in [5, 5.41) is 12.9. The Morgan fingerprint density at radius 1 is 0.929 bits per heavy atom. The van der Waals surface area contributed by atoms with Gasteiger partial charge in [0.15, 0.2) is 5.65 Å². The third kappa shape index (κ3) is 2.83. The summed E-state index contributed by atoms with van der Waals surface area (Å²) in [6, 6.07) is 18.0. The Morgan fingerprint density at radius 2 is 1.71 bits per heavy atom. The molecule has 136 valence electrons. The third-order valence-electron chi connectivity index (χ3n) is 4.58. The molecule has 0 fully saturated rings. The fourth-order valence-corrected chi connectivity index (χ4v) is 3.18. The highest BCUT2D eigenvalue weighted by atomic mass is 19.1. The van der Waals surface area contributed by atoms with Gasteiger partial charge in [0.1, 0.15) is 17.3 Å². The maximum atomic E-state index is 13.3. The zero-order chi connectivity index (χ0) is 18.9. The van der Waals surface area contributed by atoms with Crippen molar-refractivity contribution in [2.24, 2.45) is 0 Å². The number of nitrogens with zero attached hydrogens (tertiary/aromatic N) is 5. The summed E-state index contributed by atoms with van der Waals surface area (Å²) in [6.45, 7) is 0.614. The van der Waals surface area contributed by atoms with E-state index in [1.54, 1.807) is 29.0 Å². The van der Waals surface area contributed by atoms with Crippen LogP contribution in [0.4, 0.5) is 10.2 Å². The Bertz CT molecular complexity index is 1270. The van der Waals surface area contributed by atoms with E-state index in [9.17, 15) is 4.39 Å². The lowest BCUT2D eigenvalue weighted by atomic mass is 10.1. The molecule has 5 rings (SSSR count). The highest BCUT2D eigenvalue weighted by molar-refractivity contribution is 5.93. The zero-order valence-electron chi connectivity index (χ0n) is 14.7. The summed E-state index contributed by atoms with van der Waals surface area (Å²) in [7, 11) is 0. The largest absolute Gasteiger partial charge is 0.365 e. The zero-order valence-corrected chi connectivity index (χ0v) is 14.7. The molecule has 0 bridgehead atoms. The van der Waals surface area contributed by atoms with E-state index < -0.39 is 0 Å². The topological polar surface area (TPSA) is 68.0 Å². The molecule has 0 aliphatic rings. The smallest absolute Gasteiger partial charge is 0.186 e. The number of benzene rings is 2. The molecule has 6 nitrogen and oxygen atoms in total. The first-order valence-corrected chi connectivity index (χ1v) is 8.82. The Hall–Kier alpha value is -3.87. The number of nitrogens with one attached hydrogen (secondary N) is 1. The second kappa shape index (κ2) is 6.70. The molecule has 0 aliphatic heterocycles. The van der Waals surface area contributed by atoms with Crippen LogP contribution in [-0.2, 0) is 6.54 Å². The van der Waals surface area contributed by atoms with Crippen LogP contribution < -0.4 is 5.32 Å². The summed E-state index contributed by atoms with van der Waals surface area (Å²) in [6.07, 6.45) is 3.53. The Kier molecular flexibility index (Phi) is 3.90. The molecule has 3 aromatic heterocycles. The molecule has 0 amide bonds. The molecule has 0 spiro atoms. The summed E-state index contributed by atoms with van der Waals surface area (Å²) < 4.78 is 15.0. The number of rotatable bonds is 4. The number of hydrogen-bond acceptors (Lipinski definition) is 5. The van der Waals surface area contributed by atoms with Crippen LogP contribution in [0.25, 0.3) is 27.8 Å². The first-order chi connectivity index (χ1) is 13.8. The number of fused-ring (bicyclic) bond motifs is 3. The van der Waals surface area contributed by atoms with Gasteiger partial charge in [-0.15, -0.1) is 5.10 Å². The van der Waals surface area contributed by atoms with Gasteiger partial charge >= 0.3 is 0 Å². The molecular weight excluding hydrogens is 355 g/mol. The van der Waals surface area contributed by atoms with Crippen molar-refractivity contribution in [3.8, 4) is 11.3 Å². The van der Waals surface area contributed by atoms with Crippen LogP contribution in [0.1, 0.15) is 5.56 Å². The van der Waals surface area contributed by atoms with Crippen molar-refractivity contribution in [2.45, 2.75) is 6.54 Å². The maximum absolute atomic E-state index is 13.3. The van der Waals surface area contributed by atoms with E-state index in [0.29, 0.717) is 17.9 Å². The fourth-order valence-electron chi connectivity index (χ4n) is 3.18. The summed E-state index contributed by atoms with van der Waals surface area (Å²) in [4.78, 5) is 8.84. The van der Waals surface area contributed by atoms with Crippen LogP contribution >= 0.6 is 0 Å². The molecule has 0 aliphatic carbocycles. The summed E-state index contributed by atoms with van der Waals surface area (Å²) in [5.41, 5.74) is 3.98. The number of anilines is 1. The Morgan fingerprint density at radius 3 is 2.54 bits per heavy atom. The van der Waals surface area contributed by atoms with Crippen LogP contribution in [0.2, 0.25) is 0 Å². The molecule has 0 saturated carbocycles. The lowest BCUT2D eigenvalue weighted by Crippen LogP contribution is -2.05. The first-order valence-electron chi connectivity index (χ1n) is 8.82. The third-order valence-corrected chi connectivity index (χ3v) is 4.58. The normalized spacial score (nSPS) is 11.2. The van der Waals surface area contributed by atoms with E-state index in [2.05, 4.69) is 20.6 Å². The van der Waals surface area contributed by atoms with Crippen LogP contribution in [0.15, 0.2) is 73.1 Å². The average Bonchev–Trinajstić information content (AvgIpc) is 3.17. The standard InChI is InChI=1S/C21H15FN6/c22-16-7-5-15(6-8-16)19-21-25-20(24-13-14-9-11-23-12-10-14)17-3-1-2-4-18(17)28(21)27-26-19/h1-12H,13H2,(H,24,25). The number of pyridine rings is 1. The van der Waals surface area contributed by atoms with E-state index >= 15 is 0 Å². The van der Waals surface area contributed by atoms with Gasteiger partial charge in [0.05, 0.1) is 5.52 Å². The Balaban J connectivity index is 1.65. The molecule has 3 heterocycles. The SMILES string of the molecule is Fc1ccc(-c2nnn3c2nc(NCc2ccncc2)c2ccccc23)cc1. The van der Waals surface area contributed by atoms with Crippen molar-refractivity contribution in [3.05, 3.63) is 84.4 Å². The van der Waals surface area contributed by atoms with Gasteiger partial charge in [-0.3, -0.25) is 4.98 Å². The minimum absolute atomic E-state index is 0.293. The van der Waals surface area contributed by atoms with Gasteiger partial charge in [0.25, 0.3) is 0 Å². The van der Waals surface area contributed by atoms with Gasteiger partial charge in [-0.25, -0.2) is 9.37 Å². The molecule has 1 N–H and O–H groups in total. The summed E-state index contributed by atoms with van der Waals surface area (Å²) >= 11 is 0.